The lowest BCUT2D eigenvalue weighted by Gasteiger charge is -2.23. The molecule has 1 aliphatic rings. The first-order valence-corrected chi connectivity index (χ1v) is 7.02. The van der Waals surface area contributed by atoms with Gasteiger partial charge in [-0.25, -0.2) is 0 Å². The van der Waals surface area contributed by atoms with Crippen LogP contribution in [0.4, 0.5) is 0 Å². The minimum absolute atomic E-state index is 0.181. The number of hydrogen-bond donors (Lipinski definition) is 1. The number of aliphatic hydroxyl groups excluding tert-OH is 1. The van der Waals surface area contributed by atoms with Gasteiger partial charge in [-0.15, -0.1) is 10.2 Å². The first kappa shape index (κ1) is 13.9. The predicted molar refractivity (Wildman–Crippen MR) is 77.5 cm³/mol. The molecule has 6 nitrogen and oxygen atoms in total. The molecule has 3 rings (SSSR count). The third-order valence-corrected chi connectivity index (χ3v) is 3.95. The number of aromatic nitrogens is 3. The topological polar surface area (TPSA) is 69.4 Å². The molecule has 0 saturated carbocycles. The van der Waals surface area contributed by atoms with Gasteiger partial charge >= 0.3 is 0 Å². The SMILES string of the molecule is COc1cccc(OC)c1-c1nnc2n1CC(CO)CC2. The van der Waals surface area contributed by atoms with Gasteiger partial charge in [-0.3, -0.25) is 0 Å². The monoisotopic (exact) mass is 289 g/mol. The average molecular weight is 289 g/mol. The molecule has 2 heterocycles. The molecule has 0 bridgehead atoms. The Morgan fingerprint density at radius 2 is 1.95 bits per heavy atom. The van der Waals surface area contributed by atoms with Gasteiger partial charge in [0, 0.05) is 25.5 Å². The van der Waals surface area contributed by atoms with E-state index in [-0.39, 0.29) is 12.5 Å². The van der Waals surface area contributed by atoms with Gasteiger partial charge in [0.05, 0.1) is 14.2 Å². The number of benzene rings is 1. The van der Waals surface area contributed by atoms with E-state index in [2.05, 4.69) is 14.8 Å². The quantitative estimate of drug-likeness (QED) is 0.924. The van der Waals surface area contributed by atoms with Crippen LogP contribution in [0.2, 0.25) is 0 Å². The third kappa shape index (κ3) is 2.35. The van der Waals surface area contributed by atoms with Crippen molar-refractivity contribution in [1.82, 2.24) is 14.8 Å². The van der Waals surface area contributed by atoms with E-state index in [1.807, 2.05) is 18.2 Å². The standard InChI is InChI=1S/C15H19N3O3/c1-20-11-4-3-5-12(21-2)14(11)15-17-16-13-7-6-10(9-19)8-18(13)15/h3-5,10,19H,6-9H2,1-2H3. The van der Waals surface area contributed by atoms with E-state index in [0.29, 0.717) is 11.5 Å². The van der Waals surface area contributed by atoms with Crippen molar-refractivity contribution in [3.8, 4) is 22.9 Å². The molecule has 1 N–H and O–H groups in total. The van der Waals surface area contributed by atoms with Crippen LogP contribution in [0.25, 0.3) is 11.4 Å². The van der Waals surface area contributed by atoms with E-state index in [0.717, 1.165) is 36.6 Å². The van der Waals surface area contributed by atoms with E-state index in [9.17, 15) is 5.11 Å². The van der Waals surface area contributed by atoms with Crippen LogP contribution in [0.1, 0.15) is 12.2 Å². The maximum Gasteiger partial charge on any atom is 0.171 e. The molecular weight excluding hydrogens is 270 g/mol. The Bertz CT molecular complexity index is 617. The van der Waals surface area contributed by atoms with Crippen molar-refractivity contribution in [3.63, 3.8) is 0 Å². The van der Waals surface area contributed by atoms with E-state index in [1.54, 1.807) is 14.2 Å². The van der Waals surface area contributed by atoms with Gasteiger partial charge in [-0.1, -0.05) is 6.07 Å². The lowest BCUT2D eigenvalue weighted by atomic mass is 10.00. The average Bonchev–Trinajstić information content (AvgIpc) is 2.96. The molecule has 1 aromatic carbocycles. The molecule has 2 aromatic rings. The van der Waals surface area contributed by atoms with Crippen LogP contribution in [0, 0.1) is 5.92 Å². The molecule has 0 aliphatic carbocycles. The molecule has 112 valence electrons. The number of nitrogens with zero attached hydrogens (tertiary/aromatic N) is 3. The fourth-order valence-corrected chi connectivity index (χ4v) is 2.80. The van der Waals surface area contributed by atoms with Gasteiger partial charge in [-0.05, 0) is 18.6 Å². The van der Waals surface area contributed by atoms with Crippen LogP contribution in [0.5, 0.6) is 11.5 Å². The molecule has 1 atom stereocenters. The van der Waals surface area contributed by atoms with Crippen molar-refractivity contribution < 1.29 is 14.6 Å². The lowest BCUT2D eigenvalue weighted by Crippen LogP contribution is -2.23. The summed E-state index contributed by atoms with van der Waals surface area (Å²) in [6.07, 6.45) is 1.77. The summed E-state index contributed by atoms with van der Waals surface area (Å²) >= 11 is 0. The van der Waals surface area contributed by atoms with E-state index < -0.39 is 0 Å². The molecule has 1 aromatic heterocycles. The Hall–Kier alpha value is -2.08. The summed E-state index contributed by atoms with van der Waals surface area (Å²) in [5.74, 6) is 3.33. The number of aryl methyl sites for hydroxylation is 1. The number of fused-ring (bicyclic) bond motifs is 1. The van der Waals surface area contributed by atoms with Gasteiger partial charge in [-0.2, -0.15) is 0 Å². The zero-order chi connectivity index (χ0) is 14.8. The van der Waals surface area contributed by atoms with Gasteiger partial charge in [0.1, 0.15) is 22.9 Å². The minimum atomic E-state index is 0.181. The number of hydrogen-bond acceptors (Lipinski definition) is 5. The van der Waals surface area contributed by atoms with Crippen molar-refractivity contribution in [3.05, 3.63) is 24.0 Å². The Labute approximate surface area is 123 Å². The predicted octanol–water partition coefficient (Wildman–Crippen LogP) is 1.52. The van der Waals surface area contributed by atoms with Crippen molar-refractivity contribution in [2.45, 2.75) is 19.4 Å². The summed E-state index contributed by atoms with van der Waals surface area (Å²) in [6, 6.07) is 5.64. The van der Waals surface area contributed by atoms with Gasteiger partial charge in [0.25, 0.3) is 0 Å². The van der Waals surface area contributed by atoms with Crippen LogP contribution in [-0.4, -0.2) is 40.7 Å². The van der Waals surface area contributed by atoms with Crippen LogP contribution in [0.15, 0.2) is 18.2 Å². The van der Waals surface area contributed by atoms with Gasteiger partial charge < -0.3 is 19.1 Å². The van der Waals surface area contributed by atoms with Crippen LogP contribution >= 0.6 is 0 Å². The summed E-state index contributed by atoms with van der Waals surface area (Å²) in [5.41, 5.74) is 0.805. The molecule has 1 aliphatic heterocycles. The third-order valence-electron chi connectivity index (χ3n) is 3.95. The Kier molecular flexibility index (Phi) is 3.79. The Balaban J connectivity index is 2.12. The fraction of sp³-hybridized carbons (Fsp3) is 0.467. The number of rotatable bonds is 4. The summed E-state index contributed by atoms with van der Waals surface area (Å²) in [6.45, 7) is 0.898. The molecule has 0 amide bonds. The highest BCUT2D eigenvalue weighted by atomic mass is 16.5. The van der Waals surface area contributed by atoms with E-state index >= 15 is 0 Å². The van der Waals surface area contributed by atoms with E-state index in [1.165, 1.54) is 0 Å². The second-order valence-electron chi connectivity index (χ2n) is 5.18. The van der Waals surface area contributed by atoms with Gasteiger partial charge in [0.2, 0.25) is 0 Å². The highest BCUT2D eigenvalue weighted by Gasteiger charge is 2.26. The fourth-order valence-electron chi connectivity index (χ4n) is 2.80. The van der Waals surface area contributed by atoms with Crippen molar-refractivity contribution in [2.75, 3.05) is 20.8 Å². The molecule has 6 heteroatoms. The maximum atomic E-state index is 9.41. The molecular formula is C15H19N3O3. The minimum Gasteiger partial charge on any atom is -0.496 e. The molecule has 0 saturated heterocycles. The molecule has 0 spiro atoms. The maximum absolute atomic E-state index is 9.41. The lowest BCUT2D eigenvalue weighted by molar-refractivity contribution is 0.191. The first-order valence-electron chi connectivity index (χ1n) is 7.02. The Morgan fingerprint density at radius 3 is 2.57 bits per heavy atom. The second kappa shape index (κ2) is 5.73. The summed E-state index contributed by atoms with van der Waals surface area (Å²) in [5, 5.41) is 18.0. The zero-order valence-corrected chi connectivity index (χ0v) is 12.2. The smallest absolute Gasteiger partial charge is 0.171 e. The number of aliphatic hydroxyl groups is 1. The first-order chi connectivity index (χ1) is 10.3. The normalized spacial score (nSPS) is 17.4. The molecule has 0 fully saturated rings. The molecule has 21 heavy (non-hydrogen) atoms. The van der Waals surface area contributed by atoms with Crippen LogP contribution in [-0.2, 0) is 13.0 Å². The van der Waals surface area contributed by atoms with Crippen LogP contribution in [0.3, 0.4) is 0 Å². The van der Waals surface area contributed by atoms with E-state index in [4.69, 9.17) is 9.47 Å². The summed E-state index contributed by atoms with van der Waals surface area (Å²) < 4.78 is 13.0. The highest BCUT2D eigenvalue weighted by Crippen LogP contribution is 2.38. The molecule has 0 radical (unpaired) electrons. The van der Waals surface area contributed by atoms with Crippen molar-refractivity contribution in [2.24, 2.45) is 5.92 Å². The summed E-state index contributed by atoms with van der Waals surface area (Å²) in [7, 11) is 3.25. The van der Waals surface area contributed by atoms with Crippen molar-refractivity contribution in [1.29, 1.82) is 0 Å². The zero-order valence-electron chi connectivity index (χ0n) is 12.2. The molecule has 1 unspecified atom stereocenters. The summed E-state index contributed by atoms with van der Waals surface area (Å²) in [4.78, 5) is 0. The highest BCUT2D eigenvalue weighted by molar-refractivity contribution is 5.72. The number of ether oxygens (including phenoxy) is 2. The van der Waals surface area contributed by atoms with Crippen LogP contribution < -0.4 is 9.47 Å². The number of methoxy groups -OCH3 is 2. The largest absolute Gasteiger partial charge is 0.496 e. The van der Waals surface area contributed by atoms with Gasteiger partial charge in [0.15, 0.2) is 5.82 Å². The van der Waals surface area contributed by atoms with Crippen molar-refractivity contribution >= 4 is 0 Å². The second-order valence-corrected chi connectivity index (χ2v) is 5.18. The Morgan fingerprint density at radius 1 is 1.24 bits per heavy atom.